The minimum Gasteiger partial charge on any atom is -0.497 e. The molecule has 1 aromatic heterocycles. The first kappa shape index (κ1) is 21.4. The van der Waals surface area contributed by atoms with Crippen molar-refractivity contribution in [1.82, 2.24) is 9.78 Å². The Labute approximate surface area is 184 Å². The van der Waals surface area contributed by atoms with E-state index in [4.69, 9.17) is 27.9 Å². The molecule has 1 N–H and O–H groups in total. The number of aromatic nitrogens is 2. The molecule has 1 amide bonds. The van der Waals surface area contributed by atoms with E-state index in [2.05, 4.69) is 10.4 Å². The molecular weight excluding hydrogens is 423 g/mol. The van der Waals surface area contributed by atoms with Crippen LogP contribution in [0.1, 0.15) is 16.8 Å². The van der Waals surface area contributed by atoms with Gasteiger partial charge in [-0.25, -0.2) is 4.68 Å². The molecule has 152 valence electrons. The van der Waals surface area contributed by atoms with Crippen molar-refractivity contribution in [2.45, 2.75) is 13.5 Å². The van der Waals surface area contributed by atoms with Gasteiger partial charge in [0.25, 0.3) is 5.91 Å². The molecule has 0 aliphatic carbocycles. The van der Waals surface area contributed by atoms with E-state index >= 15 is 0 Å². The van der Waals surface area contributed by atoms with Crippen LogP contribution in [0.2, 0.25) is 10.2 Å². The molecule has 3 rings (SSSR count). The van der Waals surface area contributed by atoms with Gasteiger partial charge in [-0.2, -0.15) is 10.4 Å². The molecule has 0 spiro atoms. The quantitative estimate of drug-likeness (QED) is 0.426. The van der Waals surface area contributed by atoms with E-state index in [9.17, 15) is 10.1 Å². The molecule has 8 heteroatoms. The Morgan fingerprint density at radius 1 is 1.20 bits per heavy atom. The first-order valence-electron chi connectivity index (χ1n) is 8.96. The second-order valence-electron chi connectivity index (χ2n) is 6.43. The molecule has 6 nitrogen and oxygen atoms in total. The summed E-state index contributed by atoms with van der Waals surface area (Å²) in [5, 5.41) is 17.6. The molecular formula is C22H18Cl2N4O2. The third-order valence-electron chi connectivity index (χ3n) is 4.36. The van der Waals surface area contributed by atoms with Crippen LogP contribution in [0.3, 0.4) is 0 Å². The maximum atomic E-state index is 12.5. The number of hydrogen-bond acceptors (Lipinski definition) is 4. The Kier molecular flexibility index (Phi) is 6.78. The summed E-state index contributed by atoms with van der Waals surface area (Å²) >= 11 is 12.4. The van der Waals surface area contributed by atoms with E-state index in [1.807, 2.05) is 18.2 Å². The molecule has 0 aliphatic heterocycles. The Balaban J connectivity index is 1.82. The molecule has 3 aromatic rings. The number of aryl methyl sites for hydroxylation is 1. The zero-order valence-corrected chi connectivity index (χ0v) is 17.8. The highest BCUT2D eigenvalue weighted by molar-refractivity contribution is 6.31. The van der Waals surface area contributed by atoms with Crippen LogP contribution in [-0.2, 0) is 11.3 Å². The summed E-state index contributed by atoms with van der Waals surface area (Å²) in [6, 6.07) is 16.1. The lowest BCUT2D eigenvalue weighted by atomic mass is 10.1. The van der Waals surface area contributed by atoms with E-state index < -0.39 is 5.91 Å². The molecule has 0 radical (unpaired) electrons. The summed E-state index contributed by atoms with van der Waals surface area (Å²) in [5.41, 5.74) is 2.56. The van der Waals surface area contributed by atoms with Crippen LogP contribution in [0.25, 0.3) is 6.08 Å². The van der Waals surface area contributed by atoms with Gasteiger partial charge in [-0.1, -0.05) is 35.3 Å². The van der Waals surface area contributed by atoms with Crippen molar-refractivity contribution in [3.05, 3.63) is 81.1 Å². The number of ether oxygens (including phenoxy) is 1. The van der Waals surface area contributed by atoms with Crippen molar-refractivity contribution in [2.75, 3.05) is 12.4 Å². The van der Waals surface area contributed by atoms with Gasteiger partial charge in [0.05, 0.1) is 19.3 Å². The summed E-state index contributed by atoms with van der Waals surface area (Å²) in [6.07, 6.45) is 1.45. The Morgan fingerprint density at radius 3 is 2.47 bits per heavy atom. The third kappa shape index (κ3) is 5.01. The van der Waals surface area contributed by atoms with Crippen LogP contribution in [0.4, 0.5) is 5.69 Å². The highest BCUT2D eigenvalue weighted by Gasteiger charge is 2.16. The van der Waals surface area contributed by atoms with Crippen molar-refractivity contribution in [3.63, 3.8) is 0 Å². The van der Waals surface area contributed by atoms with Crippen molar-refractivity contribution in [1.29, 1.82) is 5.26 Å². The van der Waals surface area contributed by atoms with Crippen molar-refractivity contribution < 1.29 is 9.53 Å². The monoisotopic (exact) mass is 440 g/mol. The van der Waals surface area contributed by atoms with Gasteiger partial charge in [0.1, 0.15) is 22.5 Å². The average molecular weight is 441 g/mol. The summed E-state index contributed by atoms with van der Waals surface area (Å²) in [4.78, 5) is 12.5. The standard InChI is InChI=1S/C22H18Cl2N4O2/c1-14-20(21(24)28(27-14)13-15-3-5-17(23)6-4-15)11-16(12-25)22(29)26-18-7-9-19(30-2)10-8-18/h3-11H,13H2,1-2H3,(H,26,29)/b16-11+. The zero-order chi connectivity index (χ0) is 21.7. The van der Waals surface area contributed by atoms with Gasteiger partial charge in [-0.3, -0.25) is 4.79 Å². The first-order valence-corrected chi connectivity index (χ1v) is 9.71. The number of anilines is 1. The van der Waals surface area contributed by atoms with Gasteiger partial charge >= 0.3 is 0 Å². The van der Waals surface area contributed by atoms with Crippen molar-refractivity contribution >= 4 is 40.9 Å². The lowest BCUT2D eigenvalue weighted by Gasteiger charge is -2.06. The van der Waals surface area contributed by atoms with Gasteiger partial charge in [-0.15, -0.1) is 0 Å². The largest absolute Gasteiger partial charge is 0.497 e. The number of methoxy groups -OCH3 is 1. The van der Waals surface area contributed by atoms with Gasteiger partial charge in [0.15, 0.2) is 0 Å². The smallest absolute Gasteiger partial charge is 0.266 e. The Bertz CT molecular complexity index is 1130. The number of carbonyl (C=O) groups excluding carboxylic acids is 1. The fourth-order valence-electron chi connectivity index (χ4n) is 2.76. The summed E-state index contributed by atoms with van der Waals surface area (Å²) < 4.78 is 6.71. The van der Waals surface area contributed by atoms with Crippen molar-refractivity contribution in [3.8, 4) is 11.8 Å². The molecule has 1 heterocycles. The van der Waals surface area contributed by atoms with E-state index in [1.165, 1.54) is 6.08 Å². The Hall–Kier alpha value is -3.27. The lowest BCUT2D eigenvalue weighted by Crippen LogP contribution is -2.13. The number of halogens is 2. The van der Waals surface area contributed by atoms with Crippen LogP contribution in [0.15, 0.2) is 54.1 Å². The van der Waals surface area contributed by atoms with Crippen LogP contribution in [0, 0.1) is 18.3 Å². The SMILES string of the molecule is COc1ccc(NC(=O)/C(C#N)=C/c2c(C)nn(Cc3ccc(Cl)cc3)c2Cl)cc1. The minimum atomic E-state index is -0.538. The predicted molar refractivity (Wildman–Crippen MR) is 118 cm³/mol. The third-order valence-corrected chi connectivity index (χ3v) is 5.01. The lowest BCUT2D eigenvalue weighted by molar-refractivity contribution is -0.112. The molecule has 30 heavy (non-hydrogen) atoms. The van der Waals surface area contributed by atoms with Crippen molar-refractivity contribution in [2.24, 2.45) is 0 Å². The predicted octanol–water partition coefficient (Wildman–Crippen LogP) is 5.10. The topological polar surface area (TPSA) is 79.9 Å². The second kappa shape index (κ2) is 9.49. The van der Waals surface area contributed by atoms with Crippen LogP contribution < -0.4 is 10.1 Å². The number of carbonyl (C=O) groups is 1. The van der Waals surface area contributed by atoms with Gasteiger partial charge < -0.3 is 10.1 Å². The summed E-state index contributed by atoms with van der Waals surface area (Å²) in [7, 11) is 1.56. The molecule has 0 saturated heterocycles. The van der Waals surface area contributed by atoms with E-state index in [1.54, 1.807) is 55.1 Å². The van der Waals surface area contributed by atoms with Crippen LogP contribution >= 0.6 is 23.2 Å². The molecule has 0 aliphatic rings. The van der Waals surface area contributed by atoms with Gasteiger partial charge in [0, 0.05) is 16.3 Å². The normalized spacial score (nSPS) is 11.1. The van der Waals surface area contributed by atoms with Gasteiger partial charge in [0.2, 0.25) is 0 Å². The highest BCUT2D eigenvalue weighted by atomic mass is 35.5. The number of nitrogens with one attached hydrogen (secondary N) is 1. The molecule has 0 unspecified atom stereocenters. The van der Waals surface area contributed by atoms with Crippen LogP contribution in [-0.4, -0.2) is 22.8 Å². The number of amides is 1. The summed E-state index contributed by atoms with van der Waals surface area (Å²) in [6.45, 7) is 2.21. The van der Waals surface area contributed by atoms with E-state index in [-0.39, 0.29) is 5.57 Å². The second-order valence-corrected chi connectivity index (χ2v) is 7.22. The maximum Gasteiger partial charge on any atom is 0.266 e. The first-order chi connectivity index (χ1) is 14.4. The minimum absolute atomic E-state index is 0.0816. The fraction of sp³-hybridized carbons (Fsp3) is 0.136. The average Bonchev–Trinajstić information content (AvgIpc) is 3.01. The number of benzene rings is 2. The Morgan fingerprint density at radius 2 is 1.87 bits per heavy atom. The number of hydrogen-bond donors (Lipinski definition) is 1. The fourth-order valence-corrected chi connectivity index (χ4v) is 3.18. The van der Waals surface area contributed by atoms with E-state index in [0.717, 1.165) is 5.56 Å². The number of nitrogens with zero attached hydrogens (tertiary/aromatic N) is 3. The maximum absolute atomic E-state index is 12.5. The van der Waals surface area contributed by atoms with Crippen LogP contribution in [0.5, 0.6) is 5.75 Å². The molecule has 0 bridgehead atoms. The molecule has 0 fully saturated rings. The zero-order valence-electron chi connectivity index (χ0n) is 16.3. The van der Waals surface area contributed by atoms with Gasteiger partial charge in [-0.05, 0) is 55.0 Å². The molecule has 0 saturated carbocycles. The molecule has 2 aromatic carbocycles. The summed E-state index contributed by atoms with van der Waals surface area (Å²) in [5.74, 6) is 0.128. The number of rotatable bonds is 6. The highest BCUT2D eigenvalue weighted by Crippen LogP contribution is 2.24. The van der Waals surface area contributed by atoms with E-state index in [0.29, 0.717) is 39.4 Å². The number of nitriles is 1. The molecule has 0 atom stereocenters.